The zero-order valence-electron chi connectivity index (χ0n) is 9.28. The molecule has 0 unspecified atom stereocenters. The molecule has 1 amide bonds. The maximum absolute atomic E-state index is 12.0. The van der Waals surface area contributed by atoms with Gasteiger partial charge in [-0.2, -0.15) is 10.5 Å². The number of hydrogen-bond donors (Lipinski definition) is 1. The van der Waals surface area contributed by atoms with E-state index >= 15 is 0 Å². The van der Waals surface area contributed by atoms with Crippen LogP contribution in [0.4, 0.5) is 0 Å². The fraction of sp³-hybridized carbons (Fsp3) is 0.727. The van der Waals surface area contributed by atoms with Crippen LogP contribution in [0.2, 0.25) is 0 Å². The van der Waals surface area contributed by atoms with Gasteiger partial charge in [0.05, 0.1) is 31.0 Å². The summed E-state index contributed by atoms with van der Waals surface area (Å²) < 4.78 is 0. The average Bonchev–Trinajstić information content (AvgIpc) is 2.82. The maximum Gasteiger partial charge on any atom is 0.239 e. The van der Waals surface area contributed by atoms with Gasteiger partial charge in [0, 0.05) is 13.1 Å². The van der Waals surface area contributed by atoms with Crippen molar-refractivity contribution in [1.29, 1.82) is 10.5 Å². The highest BCUT2D eigenvalue weighted by molar-refractivity contribution is 5.82. The first-order valence-corrected chi connectivity index (χ1v) is 5.55. The molecule has 0 saturated carbocycles. The Bertz CT molecular complexity index is 291. The van der Waals surface area contributed by atoms with Crippen LogP contribution < -0.4 is 5.32 Å². The molecule has 1 saturated heterocycles. The fourth-order valence-electron chi connectivity index (χ4n) is 1.82. The molecule has 16 heavy (non-hydrogen) atoms. The lowest BCUT2D eigenvalue weighted by Crippen LogP contribution is -2.44. The molecule has 1 aliphatic heterocycles. The minimum atomic E-state index is -0.114. The largest absolute Gasteiger partial charge is 0.339 e. The quantitative estimate of drug-likeness (QED) is 0.727. The summed E-state index contributed by atoms with van der Waals surface area (Å²) in [5.74, 6) is 0.0306. The van der Waals surface area contributed by atoms with Gasteiger partial charge in [-0.3, -0.25) is 4.79 Å². The van der Waals surface area contributed by atoms with E-state index in [1.54, 1.807) is 4.90 Å². The van der Waals surface area contributed by atoms with E-state index < -0.39 is 0 Å². The van der Waals surface area contributed by atoms with Gasteiger partial charge in [-0.1, -0.05) is 0 Å². The van der Waals surface area contributed by atoms with E-state index in [2.05, 4.69) is 5.32 Å². The maximum atomic E-state index is 12.0. The number of amides is 1. The molecule has 0 aromatic rings. The molecular weight excluding hydrogens is 204 g/mol. The average molecular weight is 220 g/mol. The van der Waals surface area contributed by atoms with Crippen molar-refractivity contribution in [2.45, 2.75) is 31.7 Å². The highest BCUT2D eigenvalue weighted by Gasteiger charge is 2.26. The third-order valence-corrected chi connectivity index (χ3v) is 2.66. The first kappa shape index (κ1) is 12.5. The molecule has 86 valence electrons. The highest BCUT2D eigenvalue weighted by atomic mass is 16.2. The molecule has 1 atom stereocenters. The van der Waals surface area contributed by atoms with Gasteiger partial charge in [0.2, 0.25) is 5.91 Å². The van der Waals surface area contributed by atoms with Gasteiger partial charge in [0.1, 0.15) is 0 Å². The van der Waals surface area contributed by atoms with Gasteiger partial charge in [-0.25, -0.2) is 0 Å². The van der Waals surface area contributed by atoms with Crippen LogP contribution in [0.15, 0.2) is 0 Å². The molecule has 1 aliphatic rings. The summed E-state index contributed by atoms with van der Waals surface area (Å²) in [7, 11) is 0. The Balaban J connectivity index is 2.49. The lowest BCUT2D eigenvalue weighted by atomic mass is 10.2. The highest BCUT2D eigenvalue weighted by Crippen LogP contribution is 2.09. The van der Waals surface area contributed by atoms with Crippen molar-refractivity contribution in [3.05, 3.63) is 0 Å². The van der Waals surface area contributed by atoms with Crippen LogP contribution in [0.3, 0.4) is 0 Å². The molecule has 1 heterocycles. The lowest BCUT2D eigenvalue weighted by molar-refractivity contribution is -0.133. The summed E-state index contributed by atoms with van der Waals surface area (Å²) >= 11 is 0. The summed E-state index contributed by atoms with van der Waals surface area (Å²) in [4.78, 5) is 13.6. The van der Waals surface area contributed by atoms with Crippen LogP contribution in [0.5, 0.6) is 0 Å². The number of nitrogens with one attached hydrogen (secondary N) is 1. The van der Waals surface area contributed by atoms with Crippen LogP contribution in [0, 0.1) is 22.7 Å². The number of carbonyl (C=O) groups excluding carboxylic acids is 1. The van der Waals surface area contributed by atoms with E-state index in [0.717, 1.165) is 19.4 Å². The topological polar surface area (TPSA) is 79.9 Å². The molecule has 0 aromatic carbocycles. The Labute approximate surface area is 95.6 Å². The van der Waals surface area contributed by atoms with Crippen LogP contribution in [-0.4, -0.2) is 36.5 Å². The first-order chi connectivity index (χ1) is 7.79. The smallest absolute Gasteiger partial charge is 0.239 e. The summed E-state index contributed by atoms with van der Waals surface area (Å²) in [6.07, 6.45) is 2.52. The Hall–Kier alpha value is -1.59. The lowest BCUT2D eigenvalue weighted by Gasteiger charge is -2.23. The molecule has 0 bridgehead atoms. The number of nitriles is 2. The normalized spacial score (nSPS) is 18.8. The Morgan fingerprint density at radius 3 is 2.38 bits per heavy atom. The minimum Gasteiger partial charge on any atom is -0.339 e. The molecule has 5 heteroatoms. The summed E-state index contributed by atoms with van der Waals surface area (Å²) in [6, 6.07) is 3.93. The monoisotopic (exact) mass is 220 g/mol. The van der Waals surface area contributed by atoms with E-state index in [0.29, 0.717) is 25.9 Å². The molecular formula is C11H16N4O. The minimum absolute atomic E-state index is 0.0306. The van der Waals surface area contributed by atoms with Crippen LogP contribution in [0.25, 0.3) is 0 Å². The van der Waals surface area contributed by atoms with Gasteiger partial charge in [0.15, 0.2) is 0 Å². The third kappa shape index (κ3) is 3.52. The van der Waals surface area contributed by atoms with Gasteiger partial charge >= 0.3 is 0 Å². The Morgan fingerprint density at radius 1 is 1.31 bits per heavy atom. The van der Waals surface area contributed by atoms with E-state index in [1.807, 2.05) is 12.1 Å². The zero-order chi connectivity index (χ0) is 11.8. The van der Waals surface area contributed by atoms with Gasteiger partial charge in [0.25, 0.3) is 0 Å². The fourth-order valence-corrected chi connectivity index (χ4v) is 1.82. The van der Waals surface area contributed by atoms with Gasteiger partial charge < -0.3 is 10.2 Å². The van der Waals surface area contributed by atoms with Crippen molar-refractivity contribution in [2.75, 3.05) is 19.6 Å². The standard InChI is InChI=1S/C11H16N4O/c12-5-2-8-15(9-3-6-13)11(16)10-4-1-7-14-10/h10,14H,1-4,7-9H2/t10-/m0/s1. The van der Waals surface area contributed by atoms with Crippen LogP contribution in [-0.2, 0) is 4.79 Å². The zero-order valence-corrected chi connectivity index (χ0v) is 9.28. The van der Waals surface area contributed by atoms with E-state index in [-0.39, 0.29) is 11.9 Å². The van der Waals surface area contributed by atoms with Gasteiger partial charge in [-0.15, -0.1) is 0 Å². The van der Waals surface area contributed by atoms with E-state index in [9.17, 15) is 4.79 Å². The van der Waals surface area contributed by atoms with Crippen molar-refractivity contribution in [2.24, 2.45) is 0 Å². The van der Waals surface area contributed by atoms with Crippen LogP contribution >= 0.6 is 0 Å². The molecule has 5 nitrogen and oxygen atoms in total. The Morgan fingerprint density at radius 2 is 1.94 bits per heavy atom. The predicted molar refractivity (Wildman–Crippen MR) is 58.1 cm³/mol. The molecule has 0 aromatic heterocycles. The number of nitrogens with zero attached hydrogens (tertiary/aromatic N) is 3. The first-order valence-electron chi connectivity index (χ1n) is 5.55. The van der Waals surface area contributed by atoms with Crippen molar-refractivity contribution in [3.8, 4) is 12.1 Å². The second-order valence-corrected chi connectivity index (χ2v) is 3.79. The SMILES string of the molecule is N#CCCN(CCC#N)C(=O)[C@@H]1CCCN1. The molecule has 0 spiro atoms. The molecule has 0 aliphatic carbocycles. The van der Waals surface area contributed by atoms with Crippen LogP contribution in [0.1, 0.15) is 25.7 Å². The van der Waals surface area contributed by atoms with Crippen molar-refractivity contribution < 1.29 is 4.79 Å². The Kier molecular flexibility index (Phi) is 5.31. The van der Waals surface area contributed by atoms with Crippen molar-refractivity contribution in [1.82, 2.24) is 10.2 Å². The number of rotatable bonds is 5. The molecule has 0 radical (unpaired) electrons. The third-order valence-electron chi connectivity index (χ3n) is 2.66. The second kappa shape index (κ2) is 6.81. The van der Waals surface area contributed by atoms with E-state index in [1.165, 1.54) is 0 Å². The van der Waals surface area contributed by atoms with Crippen molar-refractivity contribution >= 4 is 5.91 Å². The van der Waals surface area contributed by atoms with Gasteiger partial charge in [-0.05, 0) is 19.4 Å². The number of hydrogen-bond acceptors (Lipinski definition) is 4. The summed E-state index contributed by atoms with van der Waals surface area (Å²) in [5, 5.41) is 20.2. The van der Waals surface area contributed by atoms with Crippen molar-refractivity contribution in [3.63, 3.8) is 0 Å². The molecule has 1 rings (SSSR count). The molecule has 1 fully saturated rings. The van der Waals surface area contributed by atoms with E-state index in [4.69, 9.17) is 10.5 Å². The summed E-state index contributed by atoms with van der Waals surface area (Å²) in [5.41, 5.74) is 0. The number of carbonyl (C=O) groups is 1. The molecule has 1 N–H and O–H groups in total. The summed E-state index contributed by atoms with van der Waals surface area (Å²) in [6.45, 7) is 1.73. The second-order valence-electron chi connectivity index (χ2n) is 3.79. The predicted octanol–water partition coefficient (Wildman–Crippen LogP) is 0.394.